The van der Waals surface area contributed by atoms with Crippen molar-refractivity contribution in [2.24, 2.45) is 0 Å². The Morgan fingerprint density at radius 3 is 2.39 bits per heavy atom. The third kappa shape index (κ3) is 5.07. The molecule has 4 rings (SSSR count). The van der Waals surface area contributed by atoms with E-state index < -0.39 is 17.6 Å². The van der Waals surface area contributed by atoms with Crippen molar-refractivity contribution >= 4 is 51.5 Å². The molecule has 1 fully saturated rings. The van der Waals surface area contributed by atoms with Gasteiger partial charge in [-0.05, 0) is 48.0 Å². The molecular weight excluding hydrogens is 479 g/mol. The van der Waals surface area contributed by atoms with Gasteiger partial charge >= 0.3 is 6.18 Å². The first-order valence-electron chi connectivity index (χ1n) is 9.69. The maximum atomic E-state index is 13.0. The van der Waals surface area contributed by atoms with Gasteiger partial charge in [0.1, 0.15) is 0 Å². The highest BCUT2D eigenvalue weighted by Gasteiger charge is 2.31. The van der Waals surface area contributed by atoms with Crippen molar-refractivity contribution in [1.29, 1.82) is 0 Å². The molecule has 6 nitrogen and oxygen atoms in total. The average Bonchev–Trinajstić information content (AvgIpc) is 3.34. The Kier molecular flexibility index (Phi) is 6.22. The van der Waals surface area contributed by atoms with Crippen molar-refractivity contribution in [2.45, 2.75) is 25.4 Å². The molecule has 0 aliphatic carbocycles. The third-order valence-corrected chi connectivity index (χ3v) is 6.23. The zero-order valence-electron chi connectivity index (χ0n) is 16.8. The van der Waals surface area contributed by atoms with Gasteiger partial charge in [-0.25, -0.2) is 4.98 Å². The normalized spacial score (nSPS) is 14.1. The number of nitrogens with zero attached hydrogens (tertiary/aromatic N) is 2. The Labute approximate surface area is 195 Å². The standard InChI is InChI=1S/C22H15ClF3N3O3S/c23-17-6-3-14(22(24,25)26)9-13(17)10-16-11-27-21(33-16)28-20(32)12-1-4-15(5-2-12)29-18(30)7-8-19(29)31/h1-6,9,11H,7-8,10H2,(H,27,28,32). The van der Waals surface area contributed by atoms with Gasteiger partial charge in [0, 0.05) is 40.9 Å². The maximum absolute atomic E-state index is 13.0. The predicted octanol–water partition coefficient (Wildman–Crippen LogP) is 5.31. The fourth-order valence-corrected chi connectivity index (χ4v) is 4.33. The zero-order valence-corrected chi connectivity index (χ0v) is 18.4. The van der Waals surface area contributed by atoms with Crippen LogP contribution < -0.4 is 10.2 Å². The quantitative estimate of drug-likeness (QED) is 0.488. The number of alkyl halides is 3. The number of aromatic nitrogens is 1. The Bertz CT molecular complexity index is 1230. The molecule has 0 saturated carbocycles. The van der Waals surface area contributed by atoms with Gasteiger partial charge in [-0.15, -0.1) is 11.3 Å². The first-order valence-corrected chi connectivity index (χ1v) is 10.9. The fraction of sp³-hybridized carbons (Fsp3) is 0.182. The van der Waals surface area contributed by atoms with Crippen molar-refractivity contribution in [3.63, 3.8) is 0 Å². The van der Waals surface area contributed by atoms with Crippen LogP contribution in [0.15, 0.2) is 48.7 Å². The zero-order chi connectivity index (χ0) is 23.8. The predicted molar refractivity (Wildman–Crippen MR) is 117 cm³/mol. The van der Waals surface area contributed by atoms with Crippen LogP contribution in [0.1, 0.15) is 39.2 Å². The number of rotatable bonds is 5. The van der Waals surface area contributed by atoms with Crippen LogP contribution in [-0.2, 0) is 22.2 Å². The van der Waals surface area contributed by atoms with Gasteiger partial charge in [-0.1, -0.05) is 11.6 Å². The lowest BCUT2D eigenvalue weighted by Crippen LogP contribution is -2.28. The van der Waals surface area contributed by atoms with Gasteiger partial charge in [-0.2, -0.15) is 13.2 Å². The van der Waals surface area contributed by atoms with E-state index in [1.165, 1.54) is 36.5 Å². The van der Waals surface area contributed by atoms with Gasteiger partial charge in [-0.3, -0.25) is 24.6 Å². The number of benzene rings is 2. The molecule has 3 amide bonds. The summed E-state index contributed by atoms with van der Waals surface area (Å²) in [5, 5.41) is 3.11. The van der Waals surface area contributed by atoms with Crippen molar-refractivity contribution in [3.05, 3.63) is 75.3 Å². The largest absolute Gasteiger partial charge is 0.416 e. The van der Waals surface area contributed by atoms with Crippen molar-refractivity contribution in [1.82, 2.24) is 4.98 Å². The van der Waals surface area contributed by atoms with Crippen LogP contribution in [0.3, 0.4) is 0 Å². The summed E-state index contributed by atoms with van der Waals surface area (Å²) in [5.41, 5.74) is 0.194. The molecule has 1 saturated heterocycles. The van der Waals surface area contributed by atoms with E-state index in [0.29, 0.717) is 16.1 Å². The molecule has 0 spiro atoms. The number of hydrogen-bond acceptors (Lipinski definition) is 5. The van der Waals surface area contributed by atoms with Crippen molar-refractivity contribution in [3.8, 4) is 0 Å². The lowest BCUT2D eigenvalue weighted by Gasteiger charge is -2.13. The second-order valence-corrected chi connectivity index (χ2v) is 8.76. The minimum absolute atomic E-state index is 0.128. The first-order chi connectivity index (χ1) is 15.6. The van der Waals surface area contributed by atoms with E-state index >= 15 is 0 Å². The van der Waals surface area contributed by atoms with Gasteiger partial charge < -0.3 is 0 Å². The second kappa shape index (κ2) is 8.95. The summed E-state index contributed by atoms with van der Waals surface area (Å²) in [6.07, 6.45) is -2.55. The van der Waals surface area contributed by atoms with Gasteiger partial charge in [0.15, 0.2) is 5.13 Å². The third-order valence-electron chi connectivity index (χ3n) is 4.95. The summed E-state index contributed by atoms with van der Waals surface area (Å²) in [4.78, 5) is 42.0. The van der Waals surface area contributed by atoms with Crippen molar-refractivity contribution < 1.29 is 27.6 Å². The molecule has 0 unspecified atom stereocenters. The van der Waals surface area contributed by atoms with E-state index in [4.69, 9.17) is 11.6 Å². The topological polar surface area (TPSA) is 79.4 Å². The average molecular weight is 494 g/mol. The van der Waals surface area contributed by atoms with E-state index in [1.807, 2.05) is 0 Å². The Hall–Kier alpha value is -3.24. The molecule has 0 atom stereocenters. The van der Waals surface area contributed by atoms with E-state index in [9.17, 15) is 27.6 Å². The molecule has 1 N–H and O–H groups in total. The number of halogens is 4. The van der Waals surface area contributed by atoms with Crippen LogP contribution in [-0.4, -0.2) is 22.7 Å². The fourth-order valence-electron chi connectivity index (χ4n) is 3.32. The SMILES string of the molecule is O=C(Nc1ncc(Cc2cc(C(F)(F)F)ccc2Cl)s1)c1ccc(N2C(=O)CCC2=O)cc1. The molecule has 1 aliphatic heterocycles. The maximum Gasteiger partial charge on any atom is 0.416 e. The highest BCUT2D eigenvalue weighted by Crippen LogP contribution is 2.33. The number of carbonyl (C=O) groups excluding carboxylic acids is 3. The van der Waals surface area contributed by atoms with Crippen LogP contribution in [0.5, 0.6) is 0 Å². The molecule has 1 aliphatic rings. The summed E-state index contributed by atoms with van der Waals surface area (Å²) < 4.78 is 38.9. The monoisotopic (exact) mass is 493 g/mol. The number of amides is 3. The molecule has 2 aromatic carbocycles. The van der Waals surface area contributed by atoms with Crippen LogP contribution in [0, 0.1) is 0 Å². The van der Waals surface area contributed by atoms with Crippen molar-refractivity contribution in [2.75, 3.05) is 10.2 Å². The molecule has 33 heavy (non-hydrogen) atoms. The number of nitrogens with one attached hydrogen (secondary N) is 1. The molecule has 3 aromatic rings. The number of imide groups is 1. The van der Waals surface area contributed by atoms with E-state index in [-0.39, 0.29) is 46.8 Å². The van der Waals surface area contributed by atoms with E-state index in [1.54, 1.807) is 0 Å². The molecular formula is C22H15ClF3N3O3S. The first kappa shape index (κ1) is 22.9. The lowest BCUT2D eigenvalue weighted by molar-refractivity contribution is -0.137. The molecule has 0 radical (unpaired) electrons. The highest BCUT2D eigenvalue weighted by atomic mass is 35.5. The number of carbonyl (C=O) groups is 3. The van der Waals surface area contributed by atoms with Gasteiger partial charge in [0.05, 0.1) is 11.3 Å². The van der Waals surface area contributed by atoms with Gasteiger partial charge in [0.25, 0.3) is 5.91 Å². The number of anilines is 2. The van der Waals surface area contributed by atoms with Crippen LogP contribution in [0.25, 0.3) is 0 Å². The Morgan fingerprint density at radius 2 is 1.76 bits per heavy atom. The summed E-state index contributed by atoms with van der Waals surface area (Å²) in [7, 11) is 0. The molecule has 170 valence electrons. The summed E-state index contributed by atoms with van der Waals surface area (Å²) in [6.45, 7) is 0. The molecule has 0 bridgehead atoms. The Balaban J connectivity index is 1.43. The number of hydrogen-bond donors (Lipinski definition) is 1. The molecule has 1 aromatic heterocycles. The van der Waals surface area contributed by atoms with E-state index in [2.05, 4.69) is 10.3 Å². The van der Waals surface area contributed by atoms with Crippen LogP contribution in [0.2, 0.25) is 5.02 Å². The Morgan fingerprint density at radius 1 is 1.09 bits per heavy atom. The minimum Gasteiger partial charge on any atom is -0.298 e. The summed E-state index contributed by atoms with van der Waals surface area (Å²) in [6, 6.07) is 9.12. The van der Waals surface area contributed by atoms with E-state index in [0.717, 1.165) is 28.4 Å². The minimum atomic E-state index is -4.48. The summed E-state index contributed by atoms with van der Waals surface area (Å²) in [5.74, 6) is -1.03. The van der Waals surface area contributed by atoms with Crippen LogP contribution in [0.4, 0.5) is 24.0 Å². The second-order valence-electron chi connectivity index (χ2n) is 7.24. The highest BCUT2D eigenvalue weighted by molar-refractivity contribution is 7.15. The lowest BCUT2D eigenvalue weighted by atomic mass is 10.1. The summed E-state index contributed by atoms with van der Waals surface area (Å²) >= 11 is 7.16. The smallest absolute Gasteiger partial charge is 0.298 e. The van der Waals surface area contributed by atoms with Gasteiger partial charge in [0.2, 0.25) is 11.8 Å². The molecule has 2 heterocycles. The van der Waals surface area contributed by atoms with Crippen LogP contribution >= 0.6 is 22.9 Å². The number of thiazole rings is 1. The molecule has 11 heteroatoms.